The summed E-state index contributed by atoms with van der Waals surface area (Å²) in [6.07, 6.45) is 6.74. The fourth-order valence-electron chi connectivity index (χ4n) is 3.42. The molecule has 3 fully saturated rings. The molecule has 1 N–H and O–H groups in total. The predicted molar refractivity (Wildman–Crippen MR) is 79.6 cm³/mol. The van der Waals surface area contributed by atoms with Crippen LogP contribution >= 0.6 is 0 Å². The van der Waals surface area contributed by atoms with E-state index in [4.69, 9.17) is 0 Å². The topological polar surface area (TPSA) is 52.7 Å². The van der Waals surface area contributed by atoms with Gasteiger partial charge in [-0.2, -0.15) is 17.0 Å². The largest absolute Gasteiger partial charge is 0.314 e. The lowest BCUT2D eigenvalue weighted by atomic mass is 10.00. The normalized spacial score (nSPS) is 33.6. The lowest BCUT2D eigenvalue weighted by Gasteiger charge is -2.35. The minimum atomic E-state index is -3.23. The number of hydrogen-bond donors (Lipinski definition) is 1. The SMILES string of the molecule is CC1CCCN1S(=O)(=O)N1CCCC(CNC2CC2)C1. The van der Waals surface area contributed by atoms with E-state index in [-0.39, 0.29) is 6.04 Å². The third-order valence-corrected chi connectivity index (χ3v) is 6.99. The maximum Gasteiger partial charge on any atom is 0.282 e. The second kappa shape index (κ2) is 5.91. The van der Waals surface area contributed by atoms with E-state index in [0.717, 1.165) is 32.2 Å². The van der Waals surface area contributed by atoms with Crippen molar-refractivity contribution in [2.24, 2.45) is 5.92 Å². The molecule has 0 amide bonds. The van der Waals surface area contributed by atoms with Gasteiger partial charge in [-0.15, -0.1) is 0 Å². The Bertz CT molecular complexity index is 436. The Morgan fingerprint density at radius 3 is 2.50 bits per heavy atom. The summed E-state index contributed by atoms with van der Waals surface area (Å²) in [5.74, 6) is 0.483. The molecule has 0 aromatic carbocycles. The third kappa shape index (κ3) is 3.18. The van der Waals surface area contributed by atoms with Crippen LogP contribution < -0.4 is 5.32 Å². The Hall–Kier alpha value is -0.170. The lowest BCUT2D eigenvalue weighted by molar-refractivity contribution is 0.240. The van der Waals surface area contributed by atoms with Gasteiger partial charge >= 0.3 is 0 Å². The van der Waals surface area contributed by atoms with E-state index >= 15 is 0 Å². The summed E-state index contributed by atoms with van der Waals surface area (Å²) >= 11 is 0. The molecule has 3 aliphatic rings. The van der Waals surface area contributed by atoms with Crippen LogP contribution in [0.3, 0.4) is 0 Å². The van der Waals surface area contributed by atoms with Crippen molar-refractivity contribution in [2.75, 3.05) is 26.2 Å². The fraction of sp³-hybridized carbons (Fsp3) is 1.00. The van der Waals surface area contributed by atoms with Gasteiger partial charge in [-0.1, -0.05) is 0 Å². The Balaban J connectivity index is 1.59. The first-order valence-electron chi connectivity index (χ1n) is 8.07. The van der Waals surface area contributed by atoms with Gasteiger partial charge in [0.05, 0.1) is 0 Å². The maximum absolute atomic E-state index is 12.7. The van der Waals surface area contributed by atoms with Crippen molar-refractivity contribution in [1.29, 1.82) is 0 Å². The summed E-state index contributed by atoms with van der Waals surface area (Å²) in [6, 6.07) is 0.880. The van der Waals surface area contributed by atoms with E-state index in [9.17, 15) is 8.42 Å². The highest BCUT2D eigenvalue weighted by Crippen LogP contribution is 2.27. The first kappa shape index (κ1) is 14.8. The number of nitrogens with one attached hydrogen (secondary N) is 1. The summed E-state index contributed by atoms with van der Waals surface area (Å²) in [7, 11) is -3.23. The third-order valence-electron chi connectivity index (χ3n) is 4.87. The quantitative estimate of drug-likeness (QED) is 0.829. The minimum Gasteiger partial charge on any atom is -0.314 e. The number of nitrogens with zero attached hydrogens (tertiary/aromatic N) is 2. The smallest absolute Gasteiger partial charge is 0.282 e. The van der Waals surface area contributed by atoms with Crippen molar-refractivity contribution in [3.63, 3.8) is 0 Å². The first-order chi connectivity index (χ1) is 9.57. The molecule has 3 rings (SSSR count). The Kier molecular flexibility index (Phi) is 4.36. The van der Waals surface area contributed by atoms with E-state index in [1.54, 1.807) is 8.61 Å². The van der Waals surface area contributed by atoms with Crippen LogP contribution in [0.15, 0.2) is 0 Å². The average molecular weight is 301 g/mol. The molecule has 2 atom stereocenters. The summed E-state index contributed by atoms with van der Waals surface area (Å²) in [5, 5.41) is 3.54. The molecule has 0 spiro atoms. The van der Waals surface area contributed by atoms with Gasteiger partial charge in [0.1, 0.15) is 0 Å². The summed E-state index contributed by atoms with van der Waals surface area (Å²) in [4.78, 5) is 0. The van der Waals surface area contributed by atoms with Crippen LogP contribution in [0.25, 0.3) is 0 Å². The Morgan fingerprint density at radius 2 is 1.85 bits per heavy atom. The molecule has 116 valence electrons. The van der Waals surface area contributed by atoms with Crippen molar-refractivity contribution in [2.45, 2.75) is 57.5 Å². The maximum atomic E-state index is 12.7. The number of rotatable bonds is 5. The molecule has 0 aromatic heterocycles. The number of hydrogen-bond acceptors (Lipinski definition) is 3. The van der Waals surface area contributed by atoms with Gasteiger partial charge in [0.15, 0.2) is 0 Å². The van der Waals surface area contributed by atoms with Crippen LogP contribution in [0.4, 0.5) is 0 Å². The highest BCUT2D eigenvalue weighted by atomic mass is 32.2. The van der Waals surface area contributed by atoms with Gasteiger partial charge in [0.25, 0.3) is 10.2 Å². The molecular formula is C14H27N3O2S. The molecule has 1 aliphatic carbocycles. The summed E-state index contributed by atoms with van der Waals surface area (Å²) in [6.45, 7) is 5.11. The second-order valence-electron chi connectivity index (χ2n) is 6.66. The van der Waals surface area contributed by atoms with Crippen LogP contribution in [0.2, 0.25) is 0 Å². The van der Waals surface area contributed by atoms with E-state index < -0.39 is 10.2 Å². The first-order valence-corrected chi connectivity index (χ1v) is 9.47. The van der Waals surface area contributed by atoms with Gasteiger partial charge in [-0.25, -0.2) is 0 Å². The zero-order valence-electron chi connectivity index (χ0n) is 12.4. The van der Waals surface area contributed by atoms with E-state index in [1.807, 2.05) is 6.92 Å². The van der Waals surface area contributed by atoms with Crippen molar-refractivity contribution in [3.8, 4) is 0 Å². The molecule has 0 radical (unpaired) electrons. The molecular weight excluding hydrogens is 274 g/mol. The van der Waals surface area contributed by atoms with E-state index in [1.165, 1.54) is 12.8 Å². The standard InChI is InChI=1S/C14H27N3O2S/c1-12-4-2-9-17(12)20(18,19)16-8-3-5-13(11-16)10-15-14-6-7-14/h12-15H,2-11H2,1H3. The van der Waals surface area contributed by atoms with E-state index in [2.05, 4.69) is 5.32 Å². The molecule has 1 saturated carbocycles. The molecule has 5 nitrogen and oxygen atoms in total. The molecule has 2 heterocycles. The molecule has 6 heteroatoms. The molecule has 2 saturated heterocycles. The zero-order chi connectivity index (χ0) is 14.2. The molecule has 2 unspecified atom stereocenters. The van der Waals surface area contributed by atoms with Crippen molar-refractivity contribution < 1.29 is 8.42 Å². The molecule has 0 aromatic rings. The Morgan fingerprint density at radius 1 is 1.10 bits per heavy atom. The predicted octanol–water partition coefficient (Wildman–Crippen LogP) is 1.18. The highest BCUT2D eigenvalue weighted by Gasteiger charge is 2.38. The molecule has 0 bridgehead atoms. The van der Waals surface area contributed by atoms with Gasteiger partial charge in [0.2, 0.25) is 0 Å². The van der Waals surface area contributed by atoms with Crippen LogP contribution in [0, 0.1) is 5.92 Å². The highest BCUT2D eigenvalue weighted by molar-refractivity contribution is 7.86. The number of piperidine rings is 1. The minimum absolute atomic E-state index is 0.171. The van der Waals surface area contributed by atoms with Crippen LogP contribution in [-0.4, -0.2) is 55.3 Å². The van der Waals surface area contributed by atoms with E-state index in [0.29, 0.717) is 31.6 Å². The van der Waals surface area contributed by atoms with Crippen molar-refractivity contribution in [3.05, 3.63) is 0 Å². The summed E-state index contributed by atoms with van der Waals surface area (Å²) in [5.41, 5.74) is 0. The lowest BCUT2D eigenvalue weighted by Crippen LogP contribution is -2.50. The van der Waals surface area contributed by atoms with Crippen LogP contribution in [0.1, 0.15) is 45.4 Å². The van der Waals surface area contributed by atoms with Gasteiger partial charge in [-0.05, 0) is 57.9 Å². The van der Waals surface area contributed by atoms with Crippen LogP contribution in [-0.2, 0) is 10.2 Å². The Labute approximate surface area is 122 Å². The molecule has 20 heavy (non-hydrogen) atoms. The van der Waals surface area contributed by atoms with Gasteiger partial charge < -0.3 is 5.32 Å². The monoisotopic (exact) mass is 301 g/mol. The van der Waals surface area contributed by atoms with Gasteiger partial charge in [-0.3, -0.25) is 0 Å². The van der Waals surface area contributed by atoms with Gasteiger partial charge in [0, 0.05) is 31.7 Å². The van der Waals surface area contributed by atoms with Crippen molar-refractivity contribution in [1.82, 2.24) is 13.9 Å². The fourth-order valence-corrected chi connectivity index (χ4v) is 5.40. The van der Waals surface area contributed by atoms with Crippen molar-refractivity contribution >= 4 is 10.2 Å². The summed E-state index contributed by atoms with van der Waals surface area (Å²) < 4.78 is 28.9. The second-order valence-corrected chi connectivity index (χ2v) is 8.54. The van der Waals surface area contributed by atoms with Crippen LogP contribution in [0.5, 0.6) is 0 Å². The molecule has 2 aliphatic heterocycles. The zero-order valence-corrected chi connectivity index (χ0v) is 13.2. The average Bonchev–Trinajstić information content (AvgIpc) is 3.17.